The maximum Gasteiger partial charge on any atom is 0.443 e. The average molecular weight is 294 g/mol. The molecular formula is C12H17F3N2OS. The first-order valence-electron chi connectivity index (χ1n) is 6.21. The number of nitrogens with zero attached hydrogens (tertiary/aromatic N) is 1. The Kier molecular flexibility index (Phi) is 4.17. The molecule has 7 heteroatoms. The van der Waals surface area contributed by atoms with Gasteiger partial charge < -0.3 is 10.1 Å². The van der Waals surface area contributed by atoms with Crippen LogP contribution in [0.15, 0.2) is 6.20 Å². The second kappa shape index (κ2) is 5.38. The van der Waals surface area contributed by atoms with Crippen LogP contribution in [-0.4, -0.2) is 24.2 Å². The van der Waals surface area contributed by atoms with E-state index in [9.17, 15) is 13.2 Å². The first-order chi connectivity index (χ1) is 8.87. The molecule has 1 aliphatic heterocycles. The second-order valence-corrected chi connectivity index (χ2v) is 5.97. The highest BCUT2D eigenvalue weighted by molar-refractivity contribution is 7.11. The predicted molar refractivity (Wildman–Crippen MR) is 67.1 cm³/mol. The minimum Gasteiger partial charge on any atom is -0.373 e. The molecule has 0 aliphatic carbocycles. The SMILES string of the molecule is CNC(c1cnc(C(F)(F)F)s1)C1(C)CCCCO1. The van der Waals surface area contributed by atoms with Crippen molar-refractivity contribution in [2.45, 2.75) is 44.0 Å². The Hall–Kier alpha value is -0.660. The van der Waals surface area contributed by atoms with Gasteiger partial charge in [-0.3, -0.25) is 0 Å². The van der Waals surface area contributed by atoms with Crippen molar-refractivity contribution < 1.29 is 17.9 Å². The number of ether oxygens (including phenoxy) is 1. The smallest absolute Gasteiger partial charge is 0.373 e. The van der Waals surface area contributed by atoms with Crippen LogP contribution in [0.4, 0.5) is 13.2 Å². The van der Waals surface area contributed by atoms with Crippen LogP contribution in [0.3, 0.4) is 0 Å². The van der Waals surface area contributed by atoms with E-state index >= 15 is 0 Å². The van der Waals surface area contributed by atoms with Crippen molar-refractivity contribution in [3.05, 3.63) is 16.1 Å². The van der Waals surface area contributed by atoms with E-state index < -0.39 is 16.8 Å². The van der Waals surface area contributed by atoms with Gasteiger partial charge in [0.05, 0.1) is 11.6 Å². The molecule has 0 bridgehead atoms. The van der Waals surface area contributed by atoms with Crippen molar-refractivity contribution >= 4 is 11.3 Å². The minimum absolute atomic E-state index is 0.263. The standard InChI is InChI=1S/C12H17F3N2OS/c1-11(5-3-4-6-18-11)9(16-2)8-7-17-10(19-8)12(13,14)15/h7,9,16H,3-6H2,1-2H3. The summed E-state index contributed by atoms with van der Waals surface area (Å²) in [5, 5.41) is 2.27. The average Bonchev–Trinajstić information content (AvgIpc) is 2.79. The van der Waals surface area contributed by atoms with E-state index in [1.54, 1.807) is 7.05 Å². The first-order valence-corrected chi connectivity index (χ1v) is 7.02. The molecule has 0 spiro atoms. The van der Waals surface area contributed by atoms with Gasteiger partial charge in [-0.25, -0.2) is 4.98 Å². The van der Waals surface area contributed by atoms with Crippen LogP contribution < -0.4 is 5.32 Å². The lowest BCUT2D eigenvalue weighted by atomic mass is 9.87. The van der Waals surface area contributed by atoms with E-state index in [0.29, 0.717) is 22.8 Å². The van der Waals surface area contributed by atoms with Crippen molar-refractivity contribution in [3.63, 3.8) is 0 Å². The zero-order valence-corrected chi connectivity index (χ0v) is 11.7. The van der Waals surface area contributed by atoms with Gasteiger partial charge in [-0.15, -0.1) is 11.3 Å². The number of halogens is 3. The lowest BCUT2D eigenvalue weighted by molar-refractivity contribution is -0.137. The van der Waals surface area contributed by atoms with E-state index in [-0.39, 0.29) is 6.04 Å². The topological polar surface area (TPSA) is 34.2 Å². The monoisotopic (exact) mass is 294 g/mol. The van der Waals surface area contributed by atoms with Gasteiger partial charge in [0.25, 0.3) is 0 Å². The molecule has 2 unspecified atom stereocenters. The summed E-state index contributed by atoms with van der Waals surface area (Å²) >= 11 is 0.686. The third-order valence-electron chi connectivity index (χ3n) is 3.45. The summed E-state index contributed by atoms with van der Waals surface area (Å²) < 4.78 is 43.6. The molecule has 1 N–H and O–H groups in total. The summed E-state index contributed by atoms with van der Waals surface area (Å²) in [6, 6.07) is -0.263. The summed E-state index contributed by atoms with van der Waals surface area (Å²) in [5.74, 6) is 0. The minimum atomic E-state index is -4.38. The fraction of sp³-hybridized carbons (Fsp3) is 0.750. The van der Waals surface area contributed by atoms with Gasteiger partial charge in [0.2, 0.25) is 0 Å². The van der Waals surface area contributed by atoms with Crippen molar-refractivity contribution in [2.75, 3.05) is 13.7 Å². The quantitative estimate of drug-likeness (QED) is 0.928. The first kappa shape index (κ1) is 14.7. The van der Waals surface area contributed by atoms with Gasteiger partial charge in [-0.1, -0.05) is 0 Å². The molecule has 108 valence electrons. The number of hydrogen-bond acceptors (Lipinski definition) is 4. The summed E-state index contributed by atoms with van der Waals surface area (Å²) in [7, 11) is 1.74. The number of aromatic nitrogens is 1. The fourth-order valence-electron chi connectivity index (χ4n) is 2.48. The second-order valence-electron chi connectivity index (χ2n) is 4.91. The van der Waals surface area contributed by atoms with Crippen LogP contribution in [0, 0.1) is 0 Å². The summed E-state index contributed by atoms with van der Waals surface area (Å²) in [6.07, 6.45) is -0.215. The highest BCUT2D eigenvalue weighted by atomic mass is 32.1. The highest BCUT2D eigenvalue weighted by Gasteiger charge is 2.40. The van der Waals surface area contributed by atoms with Crippen molar-refractivity contribution in [1.82, 2.24) is 10.3 Å². The number of hydrogen-bond donors (Lipinski definition) is 1. The molecule has 0 saturated carbocycles. The molecule has 19 heavy (non-hydrogen) atoms. The van der Waals surface area contributed by atoms with Gasteiger partial charge >= 0.3 is 6.18 Å². The summed E-state index contributed by atoms with van der Waals surface area (Å²) in [6.45, 7) is 2.60. The van der Waals surface area contributed by atoms with E-state index in [2.05, 4.69) is 10.3 Å². The van der Waals surface area contributed by atoms with Gasteiger partial charge in [0.15, 0.2) is 5.01 Å². The number of likely N-dealkylation sites (N-methyl/N-ethyl adjacent to an activating group) is 1. The van der Waals surface area contributed by atoms with E-state index in [0.717, 1.165) is 19.3 Å². The molecule has 2 heterocycles. The molecule has 1 aromatic heterocycles. The number of nitrogens with one attached hydrogen (secondary N) is 1. The van der Waals surface area contributed by atoms with Crippen LogP contribution in [0.1, 0.15) is 42.1 Å². The molecule has 0 aromatic carbocycles. The number of rotatable bonds is 3. The van der Waals surface area contributed by atoms with E-state index in [1.165, 1.54) is 6.20 Å². The van der Waals surface area contributed by atoms with Crippen LogP contribution in [-0.2, 0) is 10.9 Å². The van der Waals surface area contributed by atoms with Crippen LogP contribution >= 0.6 is 11.3 Å². The third-order valence-corrected chi connectivity index (χ3v) is 4.56. The highest BCUT2D eigenvalue weighted by Crippen LogP contribution is 2.41. The molecule has 1 aromatic rings. The molecule has 1 aliphatic rings. The van der Waals surface area contributed by atoms with Crippen LogP contribution in [0.25, 0.3) is 0 Å². The maximum absolute atomic E-state index is 12.6. The molecular weight excluding hydrogens is 277 g/mol. The maximum atomic E-state index is 12.6. The van der Waals surface area contributed by atoms with Gasteiger partial charge in [-0.2, -0.15) is 13.2 Å². The van der Waals surface area contributed by atoms with E-state index in [1.807, 2.05) is 6.92 Å². The molecule has 0 amide bonds. The summed E-state index contributed by atoms with van der Waals surface area (Å²) in [4.78, 5) is 4.05. The molecule has 1 saturated heterocycles. The largest absolute Gasteiger partial charge is 0.443 e. The van der Waals surface area contributed by atoms with Gasteiger partial charge in [0.1, 0.15) is 0 Å². The molecule has 1 fully saturated rings. The summed E-state index contributed by atoms with van der Waals surface area (Å²) in [5.41, 5.74) is -0.470. The lowest BCUT2D eigenvalue weighted by Gasteiger charge is -2.40. The van der Waals surface area contributed by atoms with Gasteiger partial charge in [-0.05, 0) is 33.2 Å². The van der Waals surface area contributed by atoms with Gasteiger partial charge in [0, 0.05) is 17.7 Å². The third kappa shape index (κ3) is 3.09. The van der Waals surface area contributed by atoms with Crippen molar-refractivity contribution in [1.29, 1.82) is 0 Å². The van der Waals surface area contributed by atoms with Crippen LogP contribution in [0.5, 0.6) is 0 Å². The number of thiazole rings is 1. The lowest BCUT2D eigenvalue weighted by Crippen LogP contribution is -2.44. The Labute approximate surface area is 114 Å². The Morgan fingerprint density at radius 2 is 2.21 bits per heavy atom. The Bertz CT molecular complexity index is 427. The Balaban J connectivity index is 2.24. The fourth-order valence-corrected chi connectivity index (χ4v) is 3.52. The molecule has 2 atom stereocenters. The van der Waals surface area contributed by atoms with Crippen molar-refractivity contribution in [3.8, 4) is 0 Å². The normalized spacial score (nSPS) is 26.4. The Morgan fingerprint density at radius 3 is 2.68 bits per heavy atom. The zero-order chi connectivity index (χ0) is 14.1. The molecule has 0 radical (unpaired) electrons. The zero-order valence-electron chi connectivity index (χ0n) is 10.9. The van der Waals surface area contributed by atoms with E-state index in [4.69, 9.17) is 4.74 Å². The predicted octanol–water partition coefficient (Wildman–Crippen LogP) is 3.38. The van der Waals surface area contributed by atoms with Crippen LogP contribution in [0.2, 0.25) is 0 Å². The van der Waals surface area contributed by atoms with Crippen molar-refractivity contribution in [2.24, 2.45) is 0 Å². The Morgan fingerprint density at radius 1 is 1.47 bits per heavy atom. The molecule has 3 nitrogen and oxygen atoms in total. The number of alkyl halides is 3. The molecule has 2 rings (SSSR count).